The zero-order chi connectivity index (χ0) is 28.1. The zero-order valence-corrected chi connectivity index (χ0v) is 26.9. The Morgan fingerprint density at radius 2 is 0.974 bits per heavy atom. The van der Waals surface area contributed by atoms with E-state index in [4.69, 9.17) is 0 Å². The average molecular weight is 531 g/mol. The minimum absolute atomic E-state index is 0.409. The topological polar surface area (TPSA) is 17.1 Å². The van der Waals surface area contributed by atoms with Crippen LogP contribution in [0.25, 0.3) is 0 Å². The van der Waals surface area contributed by atoms with E-state index in [1.807, 2.05) is 0 Å². The maximum atomic E-state index is 12.2. The molecule has 0 aromatic heterocycles. The van der Waals surface area contributed by atoms with Crippen molar-refractivity contribution in [2.24, 2.45) is 17.8 Å². The molecule has 1 nitrogen and oxygen atoms in total. The van der Waals surface area contributed by atoms with Crippen LogP contribution in [0.2, 0.25) is 0 Å². The first-order chi connectivity index (χ1) is 18.5. The van der Waals surface area contributed by atoms with Crippen molar-refractivity contribution < 1.29 is 4.79 Å². The van der Waals surface area contributed by atoms with Crippen LogP contribution in [0.1, 0.15) is 189 Å². The minimum atomic E-state index is 0.409. The van der Waals surface area contributed by atoms with Gasteiger partial charge in [-0.3, -0.25) is 4.79 Å². The number of Topliss-reactive ketones (excluding diaryl/α,β-unsaturated/α-hetero) is 1. The van der Waals surface area contributed by atoms with E-state index in [2.05, 4.69) is 58.9 Å². The normalized spacial score (nSPS) is 14.4. The smallest absolute Gasteiger partial charge is 0.133 e. The SMILES string of the molecule is CCCCC/C=C/C(C)CCCCCCCC(C)CCCCCCCC(=O)CC(C)C=CCCCCCC. The molecule has 38 heavy (non-hydrogen) atoms. The van der Waals surface area contributed by atoms with Gasteiger partial charge in [0.25, 0.3) is 0 Å². The summed E-state index contributed by atoms with van der Waals surface area (Å²) in [5.41, 5.74) is 0. The second-order valence-corrected chi connectivity index (χ2v) is 12.7. The Morgan fingerprint density at radius 1 is 0.526 bits per heavy atom. The van der Waals surface area contributed by atoms with Crippen molar-refractivity contribution in [2.45, 2.75) is 189 Å². The lowest BCUT2D eigenvalue weighted by Crippen LogP contribution is -2.03. The summed E-state index contributed by atoms with van der Waals surface area (Å²) < 4.78 is 0. The molecule has 0 aromatic rings. The van der Waals surface area contributed by atoms with Gasteiger partial charge in [0, 0.05) is 12.8 Å². The molecule has 0 saturated heterocycles. The van der Waals surface area contributed by atoms with Crippen molar-refractivity contribution in [2.75, 3.05) is 0 Å². The van der Waals surface area contributed by atoms with Crippen molar-refractivity contribution >= 4 is 5.78 Å². The zero-order valence-electron chi connectivity index (χ0n) is 26.9. The van der Waals surface area contributed by atoms with Crippen LogP contribution in [0.4, 0.5) is 0 Å². The molecule has 0 aliphatic rings. The van der Waals surface area contributed by atoms with E-state index in [-0.39, 0.29) is 0 Å². The van der Waals surface area contributed by atoms with E-state index in [1.54, 1.807) is 0 Å². The molecule has 0 amide bonds. The molecule has 3 atom stereocenters. The van der Waals surface area contributed by atoms with E-state index in [0.717, 1.165) is 31.1 Å². The largest absolute Gasteiger partial charge is 0.300 e. The van der Waals surface area contributed by atoms with Crippen LogP contribution in [0, 0.1) is 17.8 Å². The van der Waals surface area contributed by atoms with Crippen LogP contribution >= 0.6 is 0 Å². The van der Waals surface area contributed by atoms with Gasteiger partial charge in [-0.05, 0) is 56.3 Å². The third kappa shape index (κ3) is 28.2. The van der Waals surface area contributed by atoms with Gasteiger partial charge in [-0.1, -0.05) is 162 Å². The van der Waals surface area contributed by atoms with Crippen molar-refractivity contribution in [1.82, 2.24) is 0 Å². The molecule has 0 N–H and O–H groups in total. The first-order valence-electron chi connectivity index (χ1n) is 17.3. The summed E-state index contributed by atoms with van der Waals surface area (Å²) >= 11 is 0. The Bertz CT molecular complexity index is 545. The molecule has 0 aliphatic heterocycles. The van der Waals surface area contributed by atoms with Gasteiger partial charge in [0.15, 0.2) is 0 Å². The van der Waals surface area contributed by atoms with Crippen LogP contribution in [0.5, 0.6) is 0 Å². The van der Waals surface area contributed by atoms with Gasteiger partial charge in [0.05, 0.1) is 0 Å². The molecule has 0 aliphatic carbocycles. The number of unbranched alkanes of at least 4 members (excludes halogenated alkanes) is 15. The number of carbonyl (C=O) groups excluding carboxylic acids is 1. The van der Waals surface area contributed by atoms with Crippen LogP contribution in [0.15, 0.2) is 24.3 Å². The summed E-state index contributed by atoms with van der Waals surface area (Å²) in [7, 11) is 0. The summed E-state index contributed by atoms with van der Waals surface area (Å²) in [6.45, 7) is 11.6. The van der Waals surface area contributed by atoms with Gasteiger partial charge >= 0.3 is 0 Å². The van der Waals surface area contributed by atoms with Crippen LogP contribution in [0.3, 0.4) is 0 Å². The number of ketones is 1. The van der Waals surface area contributed by atoms with Gasteiger partial charge in [-0.2, -0.15) is 0 Å². The maximum Gasteiger partial charge on any atom is 0.133 e. The molecule has 0 bridgehead atoms. The third-order valence-electron chi connectivity index (χ3n) is 8.19. The molecule has 0 fully saturated rings. The van der Waals surface area contributed by atoms with Gasteiger partial charge < -0.3 is 0 Å². The summed E-state index contributed by atoms with van der Waals surface area (Å²) in [6.07, 6.45) is 40.3. The first kappa shape index (κ1) is 37.1. The standard InChI is InChI=1S/C37H70O/c1-6-8-10-12-16-25-31-36(5)33-37(38)32-26-20-14-19-24-30-35(4)29-23-18-13-17-22-28-34(3)27-21-15-11-9-7-2/h21,25,27,31,34-36H,6-20,22-24,26,28-30,32-33H2,1-5H3/b27-21+,31-25?. The predicted molar refractivity (Wildman–Crippen MR) is 173 cm³/mol. The quantitative estimate of drug-likeness (QED) is 0.0694. The molecule has 1 heteroatoms. The average Bonchev–Trinajstić information content (AvgIpc) is 2.89. The maximum absolute atomic E-state index is 12.2. The molecule has 0 saturated carbocycles. The fourth-order valence-electron chi connectivity index (χ4n) is 5.46. The second kappa shape index (κ2) is 29.1. The predicted octanol–water partition coefficient (Wildman–Crippen LogP) is 13.0. The van der Waals surface area contributed by atoms with Gasteiger partial charge in [0.1, 0.15) is 5.78 Å². The molecule has 0 radical (unpaired) electrons. The third-order valence-corrected chi connectivity index (χ3v) is 8.19. The van der Waals surface area contributed by atoms with Crippen molar-refractivity contribution in [3.05, 3.63) is 24.3 Å². The monoisotopic (exact) mass is 531 g/mol. The fourth-order valence-corrected chi connectivity index (χ4v) is 5.46. The lowest BCUT2D eigenvalue weighted by molar-refractivity contribution is -0.119. The van der Waals surface area contributed by atoms with Crippen molar-refractivity contribution in [3.8, 4) is 0 Å². The highest BCUT2D eigenvalue weighted by Crippen LogP contribution is 2.20. The number of allylic oxidation sites excluding steroid dienone is 4. The molecule has 224 valence electrons. The second-order valence-electron chi connectivity index (χ2n) is 12.7. The molecule has 0 spiro atoms. The summed E-state index contributed by atoms with van der Waals surface area (Å²) in [5.74, 6) is 2.52. The fraction of sp³-hybridized carbons (Fsp3) is 0.865. The molecular weight excluding hydrogens is 460 g/mol. The van der Waals surface area contributed by atoms with Crippen LogP contribution in [-0.2, 0) is 4.79 Å². The molecule has 0 aromatic carbocycles. The van der Waals surface area contributed by atoms with Crippen molar-refractivity contribution in [1.29, 1.82) is 0 Å². The van der Waals surface area contributed by atoms with E-state index >= 15 is 0 Å². The number of hydrogen-bond donors (Lipinski definition) is 0. The highest BCUT2D eigenvalue weighted by atomic mass is 16.1. The van der Waals surface area contributed by atoms with Gasteiger partial charge in [-0.15, -0.1) is 0 Å². The molecule has 3 unspecified atom stereocenters. The summed E-state index contributed by atoms with van der Waals surface area (Å²) in [6, 6.07) is 0. The Balaban J connectivity index is 3.49. The highest BCUT2D eigenvalue weighted by Gasteiger charge is 2.07. The Hall–Kier alpha value is -0.850. The first-order valence-corrected chi connectivity index (χ1v) is 17.3. The minimum Gasteiger partial charge on any atom is -0.300 e. The van der Waals surface area contributed by atoms with E-state index < -0.39 is 0 Å². The van der Waals surface area contributed by atoms with Crippen LogP contribution < -0.4 is 0 Å². The van der Waals surface area contributed by atoms with Crippen LogP contribution in [-0.4, -0.2) is 5.78 Å². The summed E-state index contributed by atoms with van der Waals surface area (Å²) in [4.78, 5) is 12.2. The van der Waals surface area contributed by atoms with Gasteiger partial charge in [-0.25, -0.2) is 0 Å². The highest BCUT2D eigenvalue weighted by molar-refractivity contribution is 5.78. The Morgan fingerprint density at radius 3 is 1.58 bits per heavy atom. The summed E-state index contributed by atoms with van der Waals surface area (Å²) in [5, 5.41) is 0. The molecule has 0 heterocycles. The van der Waals surface area contributed by atoms with E-state index in [1.165, 1.54) is 135 Å². The molecule has 0 rings (SSSR count). The number of rotatable bonds is 29. The van der Waals surface area contributed by atoms with Gasteiger partial charge in [0.2, 0.25) is 0 Å². The van der Waals surface area contributed by atoms with E-state index in [9.17, 15) is 4.79 Å². The van der Waals surface area contributed by atoms with Crippen molar-refractivity contribution in [3.63, 3.8) is 0 Å². The lowest BCUT2D eigenvalue weighted by atomic mass is 9.95. The Kier molecular flexibility index (Phi) is 28.5. The number of hydrogen-bond acceptors (Lipinski definition) is 1. The lowest BCUT2D eigenvalue weighted by Gasteiger charge is -2.11. The number of carbonyl (C=O) groups is 1. The molecular formula is C37H70O. The van der Waals surface area contributed by atoms with E-state index in [0.29, 0.717) is 11.7 Å². The Labute approximate surface area is 241 Å².